The average Bonchev–Trinajstić information content (AvgIpc) is 3.32. The van der Waals surface area contributed by atoms with E-state index < -0.39 is 0 Å². The molecule has 1 unspecified atom stereocenters. The van der Waals surface area contributed by atoms with Crippen molar-refractivity contribution in [1.29, 1.82) is 0 Å². The quantitative estimate of drug-likeness (QED) is 0.382. The van der Waals surface area contributed by atoms with Crippen LogP contribution >= 0.6 is 22.9 Å². The zero-order valence-electron chi connectivity index (χ0n) is 19.6. The van der Waals surface area contributed by atoms with Gasteiger partial charge in [0.2, 0.25) is 5.91 Å². The number of hydrogen-bond donors (Lipinski definition) is 1. The lowest BCUT2D eigenvalue weighted by molar-refractivity contribution is -0.135. The van der Waals surface area contributed by atoms with E-state index in [2.05, 4.69) is 23.3 Å². The third kappa shape index (κ3) is 6.24. The van der Waals surface area contributed by atoms with Crippen molar-refractivity contribution in [3.63, 3.8) is 0 Å². The van der Waals surface area contributed by atoms with E-state index in [0.29, 0.717) is 23.9 Å². The summed E-state index contributed by atoms with van der Waals surface area (Å²) in [6.45, 7) is 6.86. The molecular weight excluding hydrogens is 482 g/mol. The minimum Gasteiger partial charge on any atom is -0.491 e. The van der Waals surface area contributed by atoms with Crippen molar-refractivity contribution >= 4 is 40.6 Å². The molecule has 182 valence electrons. The molecule has 1 N–H and O–H groups in total. The van der Waals surface area contributed by atoms with Gasteiger partial charge >= 0.3 is 6.03 Å². The lowest BCUT2D eigenvalue weighted by atomic mass is 10.0. The van der Waals surface area contributed by atoms with Crippen LogP contribution in [0.4, 0.5) is 10.5 Å². The van der Waals surface area contributed by atoms with Crippen LogP contribution in [0.2, 0.25) is 5.02 Å². The summed E-state index contributed by atoms with van der Waals surface area (Å²) in [4.78, 5) is 31.0. The predicted molar refractivity (Wildman–Crippen MR) is 141 cm³/mol. The SMILES string of the molecule is C=CCN(CC(=O)N1CCc2sccc2C1COc1ccc(C)cc1)C(=O)Nc1cccc(Cl)c1. The minimum atomic E-state index is -0.388. The third-order valence-electron chi connectivity index (χ3n) is 5.88. The van der Waals surface area contributed by atoms with Crippen LogP contribution < -0.4 is 10.1 Å². The number of rotatable bonds is 8. The van der Waals surface area contributed by atoms with Gasteiger partial charge in [-0.25, -0.2) is 4.79 Å². The summed E-state index contributed by atoms with van der Waals surface area (Å²) in [5.41, 5.74) is 2.83. The predicted octanol–water partition coefficient (Wildman–Crippen LogP) is 5.93. The van der Waals surface area contributed by atoms with E-state index in [4.69, 9.17) is 16.3 Å². The molecule has 3 aromatic rings. The van der Waals surface area contributed by atoms with Crippen LogP contribution in [0, 0.1) is 6.92 Å². The number of halogens is 1. The Morgan fingerprint density at radius 3 is 2.80 bits per heavy atom. The monoisotopic (exact) mass is 509 g/mol. The van der Waals surface area contributed by atoms with Gasteiger partial charge in [0.15, 0.2) is 0 Å². The molecule has 0 fully saturated rings. The van der Waals surface area contributed by atoms with Gasteiger partial charge in [-0.1, -0.05) is 41.4 Å². The molecule has 6 nitrogen and oxygen atoms in total. The number of nitrogens with zero attached hydrogens (tertiary/aromatic N) is 2. The first kappa shape index (κ1) is 24.8. The highest BCUT2D eigenvalue weighted by Gasteiger charge is 2.33. The maximum absolute atomic E-state index is 13.5. The third-order valence-corrected chi connectivity index (χ3v) is 7.11. The number of carbonyl (C=O) groups is 2. The van der Waals surface area contributed by atoms with Crippen LogP contribution in [0.3, 0.4) is 0 Å². The minimum absolute atomic E-state index is 0.0705. The van der Waals surface area contributed by atoms with Gasteiger partial charge in [0.1, 0.15) is 18.9 Å². The molecule has 2 aromatic carbocycles. The van der Waals surface area contributed by atoms with E-state index in [1.807, 2.05) is 36.1 Å². The number of nitrogens with one attached hydrogen (secondary N) is 1. The lowest BCUT2D eigenvalue weighted by Gasteiger charge is -2.37. The van der Waals surface area contributed by atoms with E-state index in [9.17, 15) is 9.59 Å². The Morgan fingerprint density at radius 1 is 1.26 bits per heavy atom. The number of ether oxygens (including phenoxy) is 1. The Labute approximate surface area is 214 Å². The van der Waals surface area contributed by atoms with E-state index in [-0.39, 0.29) is 31.1 Å². The Hall–Kier alpha value is -3.29. The van der Waals surface area contributed by atoms with Crippen molar-refractivity contribution in [3.05, 3.63) is 93.7 Å². The zero-order valence-corrected chi connectivity index (χ0v) is 21.1. The Bertz CT molecular complexity index is 1190. The first-order valence-electron chi connectivity index (χ1n) is 11.4. The van der Waals surface area contributed by atoms with Crippen molar-refractivity contribution < 1.29 is 14.3 Å². The molecule has 2 heterocycles. The highest BCUT2D eigenvalue weighted by atomic mass is 35.5. The van der Waals surface area contributed by atoms with Crippen molar-refractivity contribution in [2.75, 3.05) is 31.6 Å². The molecule has 4 rings (SSSR count). The van der Waals surface area contributed by atoms with Crippen LogP contribution in [0.25, 0.3) is 0 Å². The van der Waals surface area contributed by atoms with Gasteiger partial charge in [-0.05, 0) is 60.7 Å². The smallest absolute Gasteiger partial charge is 0.322 e. The second kappa shape index (κ2) is 11.4. The van der Waals surface area contributed by atoms with E-state index in [0.717, 1.165) is 23.3 Å². The first-order valence-corrected chi connectivity index (χ1v) is 12.7. The summed E-state index contributed by atoms with van der Waals surface area (Å²) < 4.78 is 6.09. The molecule has 8 heteroatoms. The molecule has 0 saturated heterocycles. The number of amides is 3. The summed E-state index contributed by atoms with van der Waals surface area (Å²) in [6.07, 6.45) is 2.39. The van der Waals surface area contributed by atoms with Crippen LogP contribution in [0.15, 0.2) is 72.6 Å². The molecule has 0 aliphatic carbocycles. The number of thiophene rings is 1. The van der Waals surface area contributed by atoms with Crippen LogP contribution in [0.1, 0.15) is 22.0 Å². The molecule has 0 spiro atoms. The van der Waals surface area contributed by atoms with Crippen molar-refractivity contribution in [1.82, 2.24) is 9.80 Å². The maximum Gasteiger partial charge on any atom is 0.322 e. The molecule has 0 bridgehead atoms. The van der Waals surface area contributed by atoms with Gasteiger partial charge in [0, 0.05) is 28.7 Å². The summed E-state index contributed by atoms with van der Waals surface area (Å²) in [5.74, 6) is 0.627. The number of anilines is 1. The van der Waals surface area contributed by atoms with Crippen molar-refractivity contribution in [2.24, 2.45) is 0 Å². The van der Waals surface area contributed by atoms with Gasteiger partial charge in [-0.3, -0.25) is 4.79 Å². The van der Waals surface area contributed by atoms with E-state index in [1.54, 1.807) is 41.7 Å². The standard InChI is InChI=1S/C27H28ClN3O3S/c1-3-13-30(27(33)29-21-6-4-5-20(28)16-21)17-26(32)31-14-11-25-23(12-15-35-25)24(31)18-34-22-9-7-19(2)8-10-22/h3-10,12,15-16,24H,1,11,13-14,17-18H2,2H3,(H,29,33). The second-order valence-electron chi connectivity index (χ2n) is 8.39. The number of urea groups is 1. The average molecular weight is 510 g/mol. The van der Waals surface area contributed by atoms with Crippen LogP contribution in [-0.2, 0) is 11.2 Å². The zero-order chi connectivity index (χ0) is 24.8. The van der Waals surface area contributed by atoms with Gasteiger partial charge in [0.05, 0.1) is 6.04 Å². The highest BCUT2D eigenvalue weighted by molar-refractivity contribution is 7.10. The van der Waals surface area contributed by atoms with Gasteiger partial charge < -0.3 is 19.9 Å². The largest absolute Gasteiger partial charge is 0.491 e. The fourth-order valence-corrected chi connectivity index (χ4v) is 5.20. The second-order valence-corrected chi connectivity index (χ2v) is 9.82. The van der Waals surface area contributed by atoms with Crippen molar-refractivity contribution in [2.45, 2.75) is 19.4 Å². The molecule has 1 atom stereocenters. The van der Waals surface area contributed by atoms with Gasteiger partial charge in [-0.15, -0.1) is 17.9 Å². The Balaban J connectivity index is 1.48. The lowest BCUT2D eigenvalue weighted by Crippen LogP contribution is -2.48. The van der Waals surface area contributed by atoms with E-state index in [1.165, 1.54) is 9.78 Å². The molecule has 0 radical (unpaired) electrons. The molecule has 1 aromatic heterocycles. The fraction of sp³-hybridized carbons (Fsp3) is 0.259. The summed E-state index contributed by atoms with van der Waals surface area (Å²) in [6, 6.07) is 16.2. The normalized spacial score (nSPS) is 14.7. The van der Waals surface area contributed by atoms with E-state index >= 15 is 0 Å². The number of aryl methyl sites for hydroxylation is 1. The summed E-state index contributed by atoms with van der Waals surface area (Å²) in [7, 11) is 0. The molecule has 1 aliphatic rings. The highest BCUT2D eigenvalue weighted by Crippen LogP contribution is 2.34. The number of benzene rings is 2. The maximum atomic E-state index is 13.5. The van der Waals surface area contributed by atoms with Crippen LogP contribution in [0.5, 0.6) is 5.75 Å². The van der Waals surface area contributed by atoms with Crippen LogP contribution in [-0.4, -0.2) is 48.0 Å². The molecule has 0 saturated carbocycles. The van der Waals surface area contributed by atoms with Gasteiger partial charge in [-0.2, -0.15) is 0 Å². The molecule has 1 aliphatic heterocycles. The first-order chi connectivity index (χ1) is 16.9. The topological polar surface area (TPSA) is 61.9 Å². The van der Waals surface area contributed by atoms with Crippen molar-refractivity contribution in [3.8, 4) is 5.75 Å². The Morgan fingerprint density at radius 2 is 2.06 bits per heavy atom. The fourth-order valence-electron chi connectivity index (χ4n) is 4.08. The Kier molecular flexibility index (Phi) is 8.10. The number of hydrogen-bond acceptors (Lipinski definition) is 4. The molecule has 3 amide bonds. The number of carbonyl (C=O) groups excluding carboxylic acids is 2. The van der Waals surface area contributed by atoms with Gasteiger partial charge in [0.25, 0.3) is 0 Å². The number of fused-ring (bicyclic) bond motifs is 1. The summed E-state index contributed by atoms with van der Waals surface area (Å²) >= 11 is 7.74. The summed E-state index contributed by atoms with van der Waals surface area (Å²) in [5, 5.41) is 5.39. The molecular formula is C27H28ClN3O3S. The molecule has 35 heavy (non-hydrogen) atoms.